The molecule has 1 aliphatic rings. The van der Waals surface area contributed by atoms with E-state index in [4.69, 9.17) is 0 Å². The Kier molecular flexibility index (Phi) is 2.55. The average Bonchev–Trinajstić information content (AvgIpc) is 2.03. The predicted molar refractivity (Wildman–Crippen MR) is 37.4 cm³/mol. The highest BCUT2D eigenvalue weighted by molar-refractivity contribution is 5.28. The molecule has 1 unspecified atom stereocenters. The highest BCUT2D eigenvalue weighted by Crippen LogP contribution is 2.31. The van der Waals surface area contributed by atoms with Crippen LogP contribution in [0, 0.1) is 5.92 Å². The number of alkyl halides is 4. The molecule has 0 nitrogen and oxygen atoms in total. The largest absolute Gasteiger partial charge is 0.416 e. The third-order valence-electron chi connectivity index (χ3n) is 1.68. The maximum absolute atomic E-state index is 12.0. The Hall–Kier alpha value is -0.800. The molecule has 1 aliphatic carbocycles. The standard InChI is InChI=1S/C8H8F4/c9-5-6-2-1-3-7(4-6)8(10,11)12/h1,3-4,6H,2,5H2. The minimum absolute atomic E-state index is 0.357. The molecule has 0 aliphatic heterocycles. The summed E-state index contributed by atoms with van der Waals surface area (Å²) >= 11 is 0. The van der Waals surface area contributed by atoms with Crippen molar-refractivity contribution < 1.29 is 17.6 Å². The van der Waals surface area contributed by atoms with Gasteiger partial charge in [-0.15, -0.1) is 0 Å². The Labute approximate surface area is 67.6 Å². The first-order valence-corrected chi connectivity index (χ1v) is 3.55. The van der Waals surface area contributed by atoms with Gasteiger partial charge in [-0.3, -0.25) is 4.39 Å². The Bertz CT molecular complexity index is 212. The zero-order valence-electron chi connectivity index (χ0n) is 6.24. The van der Waals surface area contributed by atoms with Crippen LogP contribution in [0.2, 0.25) is 0 Å². The van der Waals surface area contributed by atoms with Gasteiger partial charge in [0.25, 0.3) is 0 Å². The van der Waals surface area contributed by atoms with Gasteiger partial charge in [0, 0.05) is 5.92 Å². The van der Waals surface area contributed by atoms with Gasteiger partial charge in [0.15, 0.2) is 0 Å². The van der Waals surface area contributed by atoms with Gasteiger partial charge in [0.1, 0.15) is 0 Å². The van der Waals surface area contributed by atoms with Crippen LogP contribution in [-0.4, -0.2) is 12.9 Å². The van der Waals surface area contributed by atoms with E-state index in [1.54, 1.807) is 0 Å². The first kappa shape index (κ1) is 9.29. The second kappa shape index (κ2) is 3.29. The molecular formula is C8H8F4. The molecule has 12 heavy (non-hydrogen) atoms. The van der Waals surface area contributed by atoms with Crippen molar-refractivity contribution in [3.8, 4) is 0 Å². The van der Waals surface area contributed by atoms with Gasteiger partial charge < -0.3 is 0 Å². The number of allylic oxidation sites excluding steroid dienone is 4. The van der Waals surface area contributed by atoms with Gasteiger partial charge in [-0.25, -0.2) is 0 Å². The Morgan fingerprint density at radius 1 is 1.42 bits per heavy atom. The molecule has 0 saturated heterocycles. The smallest absolute Gasteiger partial charge is 0.250 e. The summed E-state index contributed by atoms with van der Waals surface area (Å²) < 4.78 is 48.0. The minimum Gasteiger partial charge on any atom is -0.250 e. The summed E-state index contributed by atoms with van der Waals surface area (Å²) in [5.74, 6) is -0.605. The SMILES string of the molecule is FCC1C=C(C(F)(F)F)C=CC1. The van der Waals surface area contributed by atoms with Gasteiger partial charge >= 0.3 is 6.18 Å². The van der Waals surface area contributed by atoms with Crippen molar-refractivity contribution in [2.24, 2.45) is 5.92 Å². The van der Waals surface area contributed by atoms with Crippen LogP contribution < -0.4 is 0 Å². The predicted octanol–water partition coefficient (Wildman–Crippen LogP) is 3.02. The summed E-state index contributed by atoms with van der Waals surface area (Å²) in [5, 5.41) is 0. The molecule has 0 aromatic carbocycles. The Morgan fingerprint density at radius 2 is 2.08 bits per heavy atom. The second-order valence-electron chi connectivity index (χ2n) is 2.67. The monoisotopic (exact) mass is 180 g/mol. The van der Waals surface area contributed by atoms with E-state index in [2.05, 4.69) is 0 Å². The second-order valence-corrected chi connectivity index (χ2v) is 2.67. The average molecular weight is 180 g/mol. The maximum Gasteiger partial charge on any atom is 0.416 e. The summed E-state index contributed by atoms with van der Waals surface area (Å²) in [6.45, 7) is -0.732. The molecule has 0 fully saturated rings. The van der Waals surface area contributed by atoms with E-state index < -0.39 is 24.3 Å². The fraction of sp³-hybridized carbons (Fsp3) is 0.500. The van der Waals surface area contributed by atoms with Gasteiger partial charge in [-0.2, -0.15) is 13.2 Å². The molecule has 0 radical (unpaired) electrons. The van der Waals surface area contributed by atoms with Crippen LogP contribution in [0.3, 0.4) is 0 Å². The Balaban J connectivity index is 2.77. The lowest BCUT2D eigenvalue weighted by molar-refractivity contribution is -0.0889. The molecule has 68 valence electrons. The lowest BCUT2D eigenvalue weighted by atomic mass is 9.97. The van der Waals surface area contributed by atoms with E-state index in [1.165, 1.54) is 6.08 Å². The van der Waals surface area contributed by atoms with Crippen molar-refractivity contribution in [1.29, 1.82) is 0 Å². The van der Waals surface area contributed by atoms with E-state index in [-0.39, 0.29) is 0 Å². The molecule has 0 N–H and O–H groups in total. The molecule has 0 amide bonds. The van der Waals surface area contributed by atoms with E-state index in [0.29, 0.717) is 6.42 Å². The van der Waals surface area contributed by atoms with Gasteiger partial charge in [-0.1, -0.05) is 18.2 Å². The van der Waals surface area contributed by atoms with Crippen LogP contribution in [0.4, 0.5) is 17.6 Å². The first-order valence-electron chi connectivity index (χ1n) is 3.55. The molecule has 0 spiro atoms. The van der Waals surface area contributed by atoms with E-state index in [9.17, 15) is 17.6 Å². The van der Waals surface area contributed by atoms with E-state index in [0.717, 1.165) is 12.2 Å². The highest BCUT2D eigenvalue weighted by Gasteiger charge is 2.33. The fourth-order valence-corrected chi connectivity index (χ4v) is 1.04. The van der Waals surface area contributed by atoms with Gasteiger partial charge in [0.05, 0.1) is 12.2 Å². The third-order valence-corrected chi connectivity index (χ3v) is 1.68. The van der Waals surface area contributed by atoms with Crippen LogP contribution in [0.15, 0.2) is 23.8 Å². The zero-order valence-corrected chi connectivity index (χ0v) is 6.24. The Morgan fingerprint density at radius 3 is 2.58 bits per heavy atom. The highest BCUT2D eigenvalue weighted by atomic mass is 19.4. The summed E-state index contributed by atoms with van der Waals surface area (Å²) in [4.78, 5) is 0. The van der Waals surface area contributed by atoms with Crippen molar-refractivity contribution in [2.45, 2.75) is 12.6 Å². The molecule has 1 rings (SSSR count). The fourth-order valence-electron chi connectivity index (χ4n) is 1.04. The van der Waals surface area contributed by atoms with E-state index >= 15 is 0 Å². The van der Waals surface area contributed by atoms with Crippen LogP contribution in [-0.2, 0) is 0 Å². The molecule has 1 atom stereocenters. The first-order chi connectivity index (χ1) is 5.54. The van der Waals surface area contributed by atoms with Crippen molar-refractivity contribution in [3.05, 3.63) is 23.8 Å². The molecule has 0 aromatic heterocycles. The lowest BCUT2D eigenvalue weighted by Gasteiger charge is -2.15. The molecule has 0 aromatic rings. The minimum atomic E-state index is -4.34. The van der Waals surface area contributed by atoms with Gasteiger partial charge in [-0.05, 0) is 6.42 Å². The van der Waals surface area contributed by atoms with E-state index in [1.807, 2.05) is 0 Å². The summed E-state index contributed by atoms with van der Waals surface area (Å²) in [6, 6.07) is 0. The van der Waals surface area contributed by atoms with Crippen LogP contribution in [0.5, 0.6) is 0 Å². The van der Waals surface area contributed by atoms with Crippen molar-refractivity contribution in [1.82, 2.24) is 0 Å². The normalized spacial score (nSPS) is 24.0. The summed E-state index contributed by atoms with van der Waals surface area (Å²) in [5.41, 5.74) is -0.739. The van der Waals surface area contributed by atoms with Crippen LogP contribution in [0.25, 0.3) is 0 Å². The quantitative estimate of drug-likeness (QED) is 0.544. The molecule has 0 saturated carbocycles. The summed E-state index contributed by atoms with van der Waals surface area (Å²) in [6.07, 6.45) is -0.695. The zero-order chi connectivity index (χ0) is 9.19. The lowest BCUT2D eigenvalue weighted by Crippen LogP contribution is -2.14. The van der Waals surface area contributed by atoms with Crippen molar-refractivity contribution in [2.75, 3.05) is 6.67 Å². The topological polar surface area (TPSA) is 0 Å². The van der Waals surface area contributed by atoms with Crippen molar-refractivity contribution >= 4 is 0 Å². The van der Waals surface area contributed by atoms with Crippen molar-refractivity contribution in [3.63, 3.8) is 0 Å². The molecule has 4 heteroatoms. The number of hydrogen-bond acceptors (Lipinski definition) is 0. The van der Waals surface area contributed by atoms with Gasteiger partial charge in [0.2, 0.25) is 0 Å². The molecular weight excluding hydrogens is 172 g/mol. The van der Waals surface area contributed by atoms with Crippen LogP contribution in [0.1, 0.15) is 6.42 Å². The maximum atomic E-state index is 12.0. The summed E-state index contributed by atoms with van der Waals surface area (Å²) in [7, 11) is 0. The number of rotatable bonds is 1. The number of halogens is 4. The third kappa shape index (κ3) is 2.09. The molecule has 0 bridgehead atoms. The molecule has 0 heterocycles. The number of hydrogen-bond donors (Lipinski definition) is 0. The van der Waals surface area contributed by atoms with Crippen LogP contribution >= 0.6 is 0 Å².